The van der Waals surface area contributed by atoms with E-state index in [1.54, 1.807) is 19.0 Å². The number of cyclic esters (lactones) is 1. The van der Waals surface area contributed by atoms with Crippen molar-refractivity contribution in [2.45, 2.75) is 12.1 Å². The number of nitrogens with zero attached hydrogens (tertiary/aromatic N) is 1. The lowest BCUT2D eigenvalue weighted by molar-refractivity contribution is -0.137. The summed E-state index contributed by atoms with van der Waals surface area (Å²) in [5.74, 6) is -0.377. The van der Waals surface area contributed by atoms with Gasteiger partial charge in [0.15, 0.2) is 0 Å². The molecule has 0 saturated carbocycles. The molecule has 13 heavy (non-hydrogen) atoms. The van der Waals surface area contributed by atoms with Crippen LogP contribution < -0.4 is 0 Å². The Bertz CT molecular complexity index is 253. The van der Waals surface area contributed by atoms with Crippen molar-refractivity contribution in [3.05, 3.63) is 0 Å². The van der Waals surface area contributed by atoms with Gasteiger partial charge in [-0.2, -0.15) is 0 Å². The first-order valence-electron chi connectivity index (χ1n) is 4.03. The monoisotopic (exact) mass is 207 g/mol. The van der Waals surface area contributed by atoms with Gasteiger partial charge in [0.05, 0.1) is 18.4 Å². The van der Waals surface area contributed by atoms with E-state index in [1.165, 1.54) is 0 Å². The third-order valence-corrected chi connectivity index (χ3v) is 4.34. The predicted molar refractivity (Wildman–Crippen MR) is 47.7 cm³/mol. The summed E-state index contributed by atoms with van der Waals surface area (Å²) in [4.78, 5) is 21.9. The van der Waals surface area contributed by atoms with Crippen molar-refractivity contribution in [1.29, 1.82) is 0 Å². The minimum atomic E-state index is -3.25. The molecular weight excluding hydrogens is 193 g/mol. The molecule has 0 aromatic heterocycles. The average molecular weight is 207 g/mol. The van der Waals surface area contributed by atoms with Crippen LogP contribution in [0.2, 0.25) is 0 Å². The molecule has 0 aliphatic carbocycles. The average Bonchev–Trinajstić information content (AvgIpc) is 2.32. The third kappa shape index (κ3) is 2.79. The highest BCUT2D eigenvalue weighted by Crippen LogP contribution is 2.49. The Kier molecular flexibility index (Phi) is 3.11. The number of ether oxygens (including phenoxy) is 1. The largest absolute Gasteiger partial charge is 0.465 e. The Balaban J connectivity index is 2.59. The van der Waals surface area contributed by atoms with Gasteiger partial charge in [0.2, 0.25) is 7.37 Å². The first kappa shape index (κ1) is 10.7. The second-order valence-corrected chi connectivity index (χ2v) is 6.04. The summed E-state index contributed by atoms with van der Waals surface area (Å²) in [6.07, 6.45) is 0.177. The summed E-state index contributed by atoms with van der Waals surface area (Å²) < 4.78 is 16.3. The maximum absolute atomic E-state index is 11.7. The van der Waals surface area contributed by atoms with E-state index in [9.17, 15) is 14.3 Å². The van der Waals surface area contributed by atoms with Gasteiger partial charge < -0.3 is 14.5 Å². The highest BCUT2D eigenvalue weighted by atomic mass is 31.2. The van der Waals surface area contributed by atoms with Gasteiger partial charge in [-0.3, -0.25) is 9.36 Å². The van der Waals surface area contributed by atoms with Crippen molar-refractivity contribution in [3.8, 4) is 0 Å². The molecule has 1 fully saturated rings. The molecule has 0 bridgehead atoms. The van der Waals surface area contributed by atoms with Crippen LogP contribution in [0.25, 0.3) is 0 Å². The number of esters is 1. The summed E-state index contributed by atoms with van der Waals surface area (Å²) in [5, 5.41) is 0. The van der Waals surface area contributed by atoms with Crippen molar-refractivity contribution in [1.82, 2.24) is 4.90 Å². The highest BCUT2D eigenvalue weighted by Gasteiger charge is 2.38. The Morgan fingerprint density at radius 2 is 2.31 bits per heavy atom. The Morgan fingerprint density at radius 1 is 1.69 bits per heavy atom. The van der Waals surface area contributed by atoms with Crippen molar-refractivity contribution in [2.75, 3.05) is 27.0 Å². The first-order chi connectivity index (χ1) is 5.92. The molecule has 1 N–H and O–H groups in total. The topological polar surface area (TPSA) is 66.8 Å². The summed E-state index contributed by atoms with van der Waals surface area (Å²) in [6.45, 7) is 0.0838. The molecule has 6 heteroatoms. The Hall–Kier alpha value is -0.380. The molecule has 76 valence electrons. The minimum Gasteiger partial charge on any atom is -0.465 e. The maximum Gasteiger partial charge on any atom is 0.306 e. The van der Waals surface area contributed by atoms with E-state index in [-0.39, 0.29) is 25.3 Å². The van der Waals surface area contributed by atoms with Crippen LogP contribution in [0.5, 0.6) is 0 Å². The lowest BCUT2D eigenvalue weighted by Crippen LogP contribution is -2.20. The smallest absolute Gasteiger partial charge is 0.306 e. The van der Waals surface area contributed by atoms with Gasteiger partial charge in [-0.15, -0.1) is 0 Å². The summed E-state index contributed by atoms with van der Waals surface area (Å²) in [6, 6.07) is 0. The van der Waals surface area contributed by atoms with Gasteiger partial charge in [-0.25, -0.2) is 0 Å². The van der Waals surface area contributed by atoms with E-state index in [4.69, 9.17) is 0 Å². The molecule has 1 aliphatic rings. The number of carbonyl (C=O) groups is 1. The van der Waals surface area contributed by atoms with Crippen molar-refractivity contribution in [2.24, 2.45) is 0 Å². The quantitative estimate of drug-likeness (QED) is 0.524. The molecule has 1 unspecified atom stereocenters. The molecule has 0 spiro atoms. The number of carbonyl (C=O) groups excluding carboxylic acids is 1. The molecule has 1 saturated heterocycles. The zero-order chi connectivity index (χ0) is 10.1. The van der Waals surface area contributed by atoms with Gasteiger partial charge in [0, 0.05) is 0 Å². The number of rotatable bonds is 3. The van der Waals surface area contributed by atoms with Gasteiger partial charge >= 0.3 is 5.97 Å². The first-order valence-corrected chi connectivity index (χ1v) is 5.95. The molecule has 1 heterocycles. The molecule has 0 radical (unpaired) electrons. The van der Waals surface area contributed by atoms with Crippen molar-refractivity contribution >= 4 is 13.3 Å². The minimum absolute atomic E-state index is 0.0710. The van der Waals surface area contributed by atoms with E-state index in [1.807, 2.05) is 0 Å². The van der Waals surface area contributed by atoms with Crippen LogP contribution in [-0.2, 0) is 14.1 Å². The molecule has 5 nitrogen and oxygen atoms in total. The van der Waals surface area contributed by atoms with Crippen LogP contribution in [0, 0.1) is 0 Å². The molecule has 1 aliphatic heterocycles. The second kappa shape index (κ2) is 3.78. The third-order valence-electron chi connectivity index (χ3n) is 1.90. The fraction of sp³-hybridized carbons (Fsp3) is 0.857. The van der Waals surface area contributed by atoms with Gasteiger partial charge in [0.25, 0.3) is 0 Å². The van der Waals surface area contributed by atoms with Crippen LogP contribution in [0.4, 0.5) is 0 Å². The van der Waals surface area contributed by atoms with Gasteiger partial charge in [0.1, 0.15) is 6.61 Å². The lowest BCUT2D eigenvalue weighted by Gasteiger charge is -2.19. The number of hydrogen-bond donors (Lipinski definition) is 1. The van der Waals surface area contributed by atoms with Crippen LogP contribution >= 0.6 is 7.37 Å². The SMILES string of the molecule is CN(C)CP(=O)(O)[C@H]1COC(=O)C1. The summed E-state index contributed by atoms with van der Waals surface area (Å²) in [5.41, 5.74) is -0.512. The molecule has 2 atom stereocenters. The normalized spacial score (nSPS) is 27.4. The van der Waals surface area contributed by atoms with E-state index in [0.29, 0.717) is 0 Å². The van der Waals surface area contributed by atoms with Crippen LogP contribution in [0.15, 0.2) is 0 Å². The van der Waals surface area contributed by atoms with Gasteiger partial charge in [-0.05, 0) is 14.1 Å². The van der Waals surface area contributed by atoms with Crippen molar-refractivity contribution < 1.29 is 19.0 Å². The van der Waals surface area contributed by atoms with E-state index in [0.717, 1.165) is 0 Å². The maximum atomic E-state index is 11.7. The zero-order valence-corrected chi connectivity index (χ0v) is 8.66. The fourth-order valence-corrected chi connectivity index (χ4v) is 3.06. The van der Waals surface area contributed by atoms with E-state index >= 15 is 0 Å². The van der Waals surface area contributed by atoms with Crippen LogP contribution in [0.1, 0.15) is 6.42 Å². The van der Waals surface area contributed by atoms with Crippen LogP contribution in [0.3, 0.4) is 0 Å². The standard InChI is InChI=1S/C7H14NO4P/c1-8(2)5-13(10,11)6-3-7(9)12-4-6/h6H,3-5H2,1-2H3,(H,10,11)/t6-/m1/s1. The van der Waals surface area contributed by atoms with Crippen molar-refractivity contribution in [3.63, 3.8) is 0 Å². The van der Waals surface area contributed by atoms with Crippen LogP contribution in [-0.4, -0.2) is 48.4 Å². The number of hydrogen-bond acceptors (Lipinski definition) is 4. The second-order valence-electron chi connectivity index (χ2n) is 3.52. The highest BCUT2D eigenvalue weighted by molar-refractivity contribution is 7.58. The summed E-state index contributed by atoms with van der Waals surface area (Å²) >= 11 is 0. The summed E-state index contributed by atoms with van der Waals surface area (Å²) in [7, 11) is 0.192. The van der Waals surface area contributed by atoms with E-state index in [2.05, 4.69) is 4.74 Å². The molecule has 0 aromatic rings. The Morgan fingerprint density at radius 3 is 2.69 bits per heavy atom. The Labute approximate surface area is 77.1 Å². The fourth-order valence-electron chi connectivity index (χ4n) is 1.28. The predicted octanol–water partition coefficient (Wildman–Crippen LogP) is 0.0914. The van der Waals surface area contributed by atoms with E-state index < -0.39 is 13.0 Å². The molecule has 0 amide bonds. The molecule has 0 aromatic carbocycles. The zero-order valence-electron chi connectivity index (χ0n) is 7.77. The molecular formula is C7H14NO4P. The lowest BCUT2D eigenvalue weighted by atomic mass is 10.4. The molecule has 1 rings (SSSR count). The van der Waals surface area contributed by atoms with Gasteiger partial charge in [-0.1, -0.05) is 0 Å².